The fourth-order valence-electron chi connectivity index (χ4n) is 1.50. The smallest absolute Gasteiger partial charge is 0.262 e. The summed E-state index contributed by atoms with van der Waals surface area (Å²) in [6.07, 6.45) is 1.46. The van der Waals surface area contributed by atoms with Crippen LogP contribution in [0.25, 0.3) is 0 Å². The molecule has 0 radical (unpaired) electrons. The largest absolute Gasteiger partial charge is 0.328 e. The Morgan fingerprint density at radius 1 is 1.35 bits per heavy atom. The molecule has 0 aliphatic heterocycles. The molecular weight excluding hydrogens is 256 g/mol. The van der Waals surface area contributed by atoms with Crippen LogP contribution in [0, 0.1) is 11.8 Å². The van der Waals surface area contributed by atoms with Gasteiger partial charge in [0.05, 0.1) is 6.54 Å². The summed E-state index contributed by atoms with van der Waals surface area (Å²) in [7, 11) is 0. The zero-order chi connectivity index (χ0) is 14.4. The van der Waals surface area contributed by atoms with Gasteiger partial charge in [-0.25, -0.2) is 4.98 Å². The van der Waals surface area contributed by atoms with E-state index in [1.165, 1.54) is 12.3 Å². The topological polar surface area (TPSA) is 101 Å². The maximum atomic E-state index is 11.9. The summed E-state index contributed by atoms with van der Waals surface area (Å²) in [6.45, 7) is 0.234. The molecule has 0 spiro atoms. The van der Waals surface area contributed by atoms with E-state index in [9.17, 15) is 9.59 Å². The molecule has 2 aromatic heterocycles. The van der Waals surface area contributed by atoms with Crippen LogP contribution in [0.5, 0.6) is 0 Å². The molecule has 0 unspecified atom stereocenters. The third-order valence-electron chi connectivity index (χ3n) is 2.37. The molecule has 4 N–H and O–H groups in total. The molecule has 1 amide bonds. The lowest BCUT2D eigenvalue weighted by Crippen LogP contribution is -2.22. The van der Waals surface area contributed by atoms with Crippen molar-refractivity contribution in [3.8, 4) is 11.8 Å². The molecule has 2 aromatic rings. The fraction of sp³-hybridized carbons (Fsp3) is 0.0714. The molecule has 2 heterocycles. The lowest BCUT2D eigenvalue weighted by Gasteiger charge is -2.03. The number of H-pyrrole nitrogens is 1. The van der Waals surface area contributed by atoms with Crippen molar-refractivity contribution in [3.05, 3.63) is 58.1 Å². The maximum Gasteiger partial charge on any atom is 0.262 e. The number of hydrogen-bond acceptors (Lipinski definition) is 4. The highest BCUT2D eigenvalue weighted by molar-refractivity contribution is 6.03. The highest BCUT2D eigenvalue weighted by Crippen LogP contribution is 2.05. The first-order valence-electron chi connectivity index (χ1n) is 5.86. The number of nitrogens with zero attached hydrogens (tertiary/aromatic N) is 1. The second-order valence-electron chi connectivity index (χ2n) is 3.78. The highest BCUT2D eigenvalue weighted by Gasteiger charge is 2.10. The van der Waals surface area contributed by atoms with Crippen molar-refractivity contribution in [3.63, 3.8) is 0 Å². The van der Waals surface area contributed by atoms with E-state index in [0.29, 0.717) is 11.5 Å². The Labute approximate surface area is 115 Å². The van der Waals surface area contributed by atoms with Gasteiger partial charge in [-0.1, -0.05) is 12.0 Å². The SMILES string of the molecule is NCC#Cc1cccc(NC(=O)c2ccc[nH]c2=O)n1. The van der Waals surface area contributed by atoms with Crippen LogP contribution >= 0.6 is 0 Å². The van der Waals surface area contributed by atoms with E-state index >= 15 is 0 Å². The first-order valence-corrected chi connectivity index (χ1v) is 5.86. The number of hydrogen-bond donors (Lipinski definition) is 3. The second kappa shape index (κ2) is 6.31. The highest BCUT2D eigenvalue weighted by atomic mass is 16.2. The molecular formula is C14H12N4O2. The first kappa shape index (κ1) is 13.5. The maximum absolute atomic E-state index is 11.9. The van der Waals surface area contributed by atoms with Gasteiger partial charge in [0.1, 0.15) is 17.1 Å². The van der Waals surface area contributed by atoms with Crippen LogP contribution in [-0.2, 0) is 0 Å². The number of amides is 1. The normalized spacial score (nSPS) is 9.45. The minimum absolute atomic E-state index is 0.0211. The standard InChI is InChI=1S/C14H12N4O2/c15-8-2-5-10-4-1-7-12(17-10)18-14(20)11-6-3-9-16-13(11)19/h1,3-4,6-7,9H,8,15H2,(H,16,19)(H,17,18,20). The molecule has 0 fully saturated rings. The summed E-state index contributed by atoms with van der Waals surface area (Å²) in [6, 6.07) is 8.04. The molecule has 6 nitrogen and oxygen atoms in total. The number of nitrogens with one attached hydrogen (secondary N) is 2. The van der Waals surface area contributed by atoms with Gasteiger partial charge in [0.15, 0.2) is 0 Å². The monoisotopic (exact) mass is 268 g/mol. The van der Waals surface area contributed by atoms with Crippen molar-refractivity contribution in [2.24, 2.45) is 5.73 Å². The predicted molar refractivity (Wildman–Crippen MR) is 75.2 cm³/mol. The van der Waals surface area contributed by atoms with Crippen molar-refractivity contribution >= 4 is 11.7 Å². The molecule has 0 aromatic carbocycles. The van der Waals surface area contributed by atoms with Crippen LogP contribution in [-0.4, -0.2) is 22.4 Å². The van der Waals surface area contributed by atoms with Gasteiger partial charge in [0.2, 0.25) is 0 Å². The molecule has 0 aliphatic rings. The van der Waals surface area contributed by atoms with E-state index < -0.39 is 11.5 Å². The van der Waals surface area contributed by atoms with E-state index in [-0.39, 0.29) is 12.1 Å². The Morgan fingerprint density at radius 3 is 2.95 bits per heavy atom. The Hall–Kier alpha value is -2.91. The van der Waals surface area contributed by atoms with Crippen LogP contribution in [0.1, 0.15) is 16.1 Å². The Kier molecular flexibility index (Phi) is 4.27. The summed E-state index contributed by atoms with van der Waals surface area (Å²) in [5.41, 5.74) is 5.34. The van der Waals surface area contributed by atoms with E-state index in [1.54, 1.807) is 24.3 Å². The van der Waals surface area contributed by atoms with Gasteiger partial charge in [-0.2, -0.15) is 0 Å². The average molecular weight is 268 g/mol. The van der Waals surface area contributed by atoms with Gasteiger partial charge >= 0.3 is 0 Å². The number of rotatable bonds is 2. The molecule has 0 saturated heterocycles. The van der Waals surface area contributed by atoms with Gasteiger partial charge < -0.3 is 16.0 Å². The lowest BCUT2D eigenvalue weighted by molar-refractivity contribution is 0.102. The number of aromatic amines is 1. The van der Waals surface area contributed by atoms with E-state index in [0.717, 1.165) is 0 Å². The van der Waals surface area contributed by atoms with Crippen LogP contribution in [0.3, 0.4) is 0 Å². The number of aromatic nitrogens is 2. The Morgan fingerprint density at radius 2 is 2.20 bits per heavy atom. The summed E-state index contributed by atoms with van der Waals surface area (Å²) in [5, 5.41) is 2.55. The molecule has 0 saturated carbocycles. The van der Waals surface area contributed by atoms with Crippen LogP contribution in [0.15, 0.2) is 41.3 Å². The number of nitrogens with two attached hydrogens (primary N) is 1. The number of carbonyl (C=O) groups is 1. The Bertz CT molecular complexity index is 740. The molecule has 100 valence electrons. The van der Waals surface area contributed by atoms with Gasteiger partial charge in [0.25, 0.3) is 11.5 Å². The molecule has 20 heavy (non-hydrogen) atoms. The number of carbonyl (C=O) groups excluding carboxylic acids is 1. The van der Waals surface area contributed by atoms with Crippen molar-refractivity contribution in [1.29, 1.82) is 0 Å². The van der Waals surface area contributed by atoms with E-state index in [2.05, 4.69) is 27.1 Å². The van der Waals surface area contributed by atoms with E-state index in [1.807, 2.05) is 0 Å². The molecule has 0 atom stereocenters. The molecule has 0 aliphatic carbocycles. The minimum atomic E-state index is -0.525. The lowest BCUT2D eigenvalue weighted by atomic mass is 10.2. The summed E-state index contributed by atoms with van der Waals surface area (Å²) in [5.74, 6) is 5.23. The summed E-state index contributed by atoms with van der Waals surface area (Å²) in [4.78, 5) is 30.0. The summed E-state index contributed by atoms with van der Waals surface area (Å²) >= 11 is 0. The Balaban J connectivity index is 2.20. The van der Waals surface area contributed by atoms with Gasteiger partial charge in [0, 0.05) is 6.20 Å². The van der Waals surface area contributed by atoms with Crippen LogP contribution < -0.4 is 16.6 Å². The zero-order valence-corrected chi connectivity index (χ0v) is 10.5. The quantitative estimate of drug-likeness (QED) is 0.683. The first-order chi connectivity index (χ1) is 9.70. The van der Waals surface area contributed by atoms with Gasteiger partial charge in [-0.05, 0) is 30.2 Å². The molecule has 2 rings (SSSR count). The molecule has 6 heteroatoms. The fourth-order valence-corrected chi connectivity index (χ4v) is 1.50. The van der Waals surface area contributed by atoms with Crippen molar-refractivity contribution in [1.82, 2.24) is 9.97 Å². The zero-order valence-electron chi connectivity index (χ0n) is 10.5. The predicted octanol–water partition coefficient (Wildman–Crippen LogP) is 0.332. The third-order valence-corrected chi connectivity index (χ3v) is 2.37. The second-order valence-corrected chi connectivity index (χ2v) is 3.78. The van der Waals surface area contributed by atoms with Crippen LogP contribution in [0.2, 0.25) is 0 Å². The number of anilines is 1. The average Bonchev–Trinajstić information content (AvgIpc) is 2.46. The van der Waals surface area contributed by atoms with Gasteiger partial charge in [-0.15, -0.1) is 0 Å². The van der Waals surface area contributed by atoms with Gasteiger partial charge in [-0.3, -0.25) is 9.59 Å². The summed E-state index contributed by atoms with van der Waals surface area (Å²) < 4.78 is 0. The third kappa shape index (κ3) is 3.31. The number of pyridine rings is 2. The van der Waals surface area contributed by atoms with Crippen molar-refractivity contribution < 1.29 is 4.79 Å². The molecule has 0 bridgehead atoms. The minimum Gasteiger partial charge on any atom is -0.328 e. The van der Waals surface area contributed by atoms with Crippen molar-refractivity contribution in [2.45, 2.75) is 0 Å². The van der Waals surface area contributed by atoms with E-state index in [4.69, 9.17) is 5.73 Å². The van der Waals surface area contributed by atoms with Crippen molar-refractivity contribution in [2.75, 3.05) is 11.9 Å². The van der Waals surface area contributed by atoms with Crippen LogP contribution in [0.4, 0.5) is 5.82 Å².